The molecule has 1 aliphatic heterocycles. The summed E-state index contributed by atoms with van der Waals surface area (Å²) in [6, 6.07) is 10.1. The topological polar surface area (TPSA) is 46.3 Å². The van der Waals surface area contributed by atoms with Crippen LogP contribution in [0.5, 0.6) is 0 Å². The molecule has 3 nitrogen and oxygen atoms in total. The molecule has 1 aromatic rings. The van der Waals surface area contributed by atoms with E-state index in [1.54, 1.807) is 0 Å². The molecule has 1 saturated heterocycles. The first kappa shape index (κ1) is 11.1. The average molecular weight is 218 g/mol. The van der Waals surface area contributed by atoms with Crippen LogP contribution in [0, 0.1) is 0 Å². The monoisotopic (exact) mass is 218 g/mol. The fourth-order valence-electron chi connectivity index (χ4n) is 2.15. The van der Waals surface area contributed by atoms with Crippen LogP contribution in [0.1, 0.15) is 24.8 Å². The van der Waals surface area contributed by atoms with Crippen molar-refractivity contribution in [3.63, 3.8) is 0 Å². The van der Waals surface area contributed by atoms with Gasteiger partial charge in [0, 0.05) is 19.1 Å². The predicted octanol–water partition coefficient (Wildman–Crippen LogP) is 1.35. The van der Waals surface area contributed by atoms with Crippen LogP contribution in [-0.2, 0) is 4.79 Å². The second kappa shape index (κ2) is 4.66. The summed E-state index contributed by atoms with van der Waals surface area (Å²) >= 11 is 0. The molecule has 1 heterocycles. The molecule has 0 aliphatic carbocycles. The van der Waals surface area contributed by atoms with Gasteiger partial charge in [-0.3, -0.25) is 4.79 Å². The lowest BCUT2D eigenvalue weighted by atomic mass is 10.00. The van der Waals surface area contributed by atoms with Gasteiger partial charge in [-0.2, -0.15) is 0 Å². The lowest BCUT2D eigenvalue weighted by Crippen LogP contribution is -2.34. The van der Waals surface area contributed by atoms with Crippen LogP contribution in [0.2, 0.25) is 0 Å². The number of rotatable bonds is 2. The van der Waals surface area contributed by atoms with Crippen LogP contribution in [0.3, 0.4) is 0 Å². The lowest BCUT2D eigenvalue weighted by Gasteiger charge is -2.20. The Hall–Kier alpha value is -1.35. The first-order chi connectivity index (χ1) is 7.68. The number of nitrogens with zero attached hydrogens (tertiary/aromatic N) is 1. The summed E-state index contributed by atoms with van der Waals surface area (Å²) < 4.78 is 0. The van der Waals surface area contributed by atoms with E-state index in [2.05, 4.69) is 0 Å². The minimum Gasteiger partial charge on any atom is -0.341 e. The Morgan fingerprint density at radius 3 is 2.69 bits per heavy atom. The Balaban J connectivity index is 2.05. The Morgan fingerprint density at radius 1 is 1.44 bits per heavy atom. The standard InChI is InChI=1S/C13H18N2O/c1-10(11-5-3-2-4-6-11)13(16)15-8-7-12(14)9-15/h2-6,10,12H,7-9,14H2,1H3. The molecule has 0 bridgehead atoms. The predicted molar refractivity (Wildman–Crippen MR) is 64.0 cm³/mol. The molecule has 86 valence electrons. The zero-order valence-electron chi connectivity index (χ0n) is 9.60. The average Bonchev–Trinajstić information content (AvgIpc) is 2.75. The van der Waals surface area contributed by atoms with E-state index in [1.807, 2.05) is 42.2 Å². The number of nitrogens with two attached hydrogens (primary N) is 1. The summed E-state index contributed by atoms with van der Waals surface area (Å²) in [5.41, 5.74) is 6.88. The van der Waals surface area contributed by atoms with E-state index >= 15 is 0 Å². The number of carbonyl (C=O) groups excluding carboxylic acids is 1. The second-order valence-electron chi connectivity index (χ2n) is 4.47. The molecule has 3 heteroatoms. The molecule has 1 aromatic carbocycles. The molecule has 1 amide bonds. The van der Waals surface area contributed by atoms with E-state index in [-0.39, 0.29) is 17.9 Å². The van der Waals surface area contributed by atoms with E-state index in [9.17, 15) is 4.79 Å². The van der Waals surface area contributed by atoms with E-state index in [1.165, 1.54) is 0 Å². The highest BCUT2D eigenvalue weighted by Crippen LogP contribution is 2.20. The molecule has 2 unspecified atom stereocenters. The largest absolute Gasteiger partial charge is 0.341 e. The molecule has 0 spiro atoms. The van der Waals surface area contributed by atoms with Crippen molar-refractivity contribution < 1.29 is 4.79 Å². The molecule has 16 heavy (non-hydrogen) atoms. The summed E-state index contributed by atoms with van der Waals surface area (Å²) in [5, 5.41) is 0. The van der Waals surface area contributed by atoms with Gasteiger partial charge in [-0.05, 0) is 18.9 Å². The maximum absolute atomic E-state index is 12.2. The van der Waals surface area contributed by atoms with Crippen molar-refractivity contribution >= 4 is 5.91 Å². The Labute approximate surface area is 96.2 Å². The molecule has 0 radical (unpaired) electrons. The van der Waals surface area contributed by atoms with E-state index in [0.29, 0.717) is 6.54 Å². The highest BCUT2D eigenvalue weighted by Gasteiger charge is 2.27. The Kier molecular flexibility index (Phi) is 3.25. The molecule has 0 aromatic heterocycles. The van der Waals surface area contributed by atoms with Gasteiger partial charge in [-0.25, -0.2) is 0 Å². The maximum atomic E-state index is 12.2. The summed E-state index contributed by atoms with van der Waals surface area (Å²) in [5.74, 6) is 0.130. The van der Waals surface area contributed by atoms with Crippen molar-refractivity contribution in [2.24, 2.45) is 5.73 Å². The molecule has 2 atom stereocenters. The smallest absolute Gasteiger partial charge is 0.229 e. The van der Waals surface area contributed by atoms with E-state index in [0.717, 1.165) is 18.5 Å². The summed E-state index contributed by atoms with van der Waals surface area (Å²) in [6.07, 6.45) is 0.924. The molecule has 0 saturated carbocycles. The zero-order chi connectivity index (χ0) is 11.5. The van der Waals surface area contributed by atoms with Gasteiger partial charge in [0.1, 0.15) is 0 Å². The summed E-state index contributed by atoms with van der Waals surface area (Å²) in [6.45, 7) is 3.47. The number of likely N-dealkylation sites (tertiary alicyclic amines) is 1. The molecular formula is C13H18N2O. The zero-order valence-corrected chi connectivity index (χ0v) is 9.60. The Morgan fingerprint density at radius 2 is 2.12 bits per heavy atom. The van der Waals surface area contributed by atoms with Crippen LogP contribution in [-0.4, -0.2) is 29.9 Å². The third-order valence-corrected chi connectivity index (χ3v) is 3.21. The van der Waals surface area contributed by atoms with Crippen molar-refractivity contribution in [3.8, 4) is 0 Å². The highest BCUT2D eigenvalue weighted by atomic mass is 16.2. The van der Waals surface area contributed by atoms with Crippen molar-refractivity contribution in [1.82, 2.24) is 4.90 Å². The Bertz CT molecular complexity index is 363. The van der Waals surface area contributed by atoms with Gasteiger partial charge in [0.05, 0.1) is 5.92 Å². The van der Waals surface area contributed by atoms with Gasteiger partial charge in [0.2, 0.25) is 5.91 Å². The number of benzene rings is 1. The van der Waals surface area contributed by atoms with Crippen molar-refractivity contribution in [2.75, 3.05) is 13.1 Å². The van der Waals surface area contributed by atoms with Crippen LogP contribution in [0.15, 0.2) is 30.3 Å². The highest BCUT2D eigenvalue weighted by molar-refractivity contribution is 5.83. The number of hydrogen-bond donors (Lipinski definition) is 1. The van der Waals surface area contributed by atoms with E-state index < -0.39 is 0 Å². The SMILES string of the molecule is CC(C(=O)N1CCC(N)C1)c1ccccc1. The first-order valence-corrected chi connectivity index (χ1v) is 5.78. The van der Waals surface area contributed by atoms with Crippen LogP contribution < -0.4 is 5.73 Å². The van der Waals surface area contributed by atoms with Gasteiger partial charge in [-0.1, -0.05) is 30.3 Å². The normalized spacial score (nSPS) is 22.1. The minimum absolute atomic E-state index is 0.0634. The van der Waals surface area contributed by atoms with Gasteiger partial charge < -0.3 is 10.6 Å². The molecule has 1 aliphatic rings. The van der Waals surface area contributed by atoms with Gasteiger partial charge in [0.15, 0.2) is 0 Å². The van der Waals surface area contributed by atoms with E-state index in [4.69, 9.17) is 5.73 Å². The van der Waals surface area contributed by atoms with Crippen molar-refractivity contribution in [3.05, 3.63) is 35.9 Å². The number of hydrogen-bond acceptors (Lipinski definition) is 2. The van der Waals surface area contributed by atoms with Crippen molar-refractivity contribution in [1.29, 1.82) is 0 Å². The number of carbonyl (C=O) groups is 1. The third-order valence-electron chi connectivity index (χ3n) is 3.21. The number of amides is 1. The first-order valence-electron chi connectivity index (χ1n) is 5.78. The minimum atomic E-state index is -0.0634. The lowest BCUT2D eigenvalue weighted by molar-refractivity contribution is -0.131. The fourth-order valence-corrected chi connectivity index (χ4v) is 2.15. The molecule has 2 N–H and O–H groups in total. The van der Waals surface area contributed by atoms with Crippen molar-refractivity contribution in [2.45, 2.75) is 25.3 Å². The van der Waals surface area contributed by atoms with Crippen LogP contribution in [0.4, 0.5) is 0 Å². The maximum Gasteiger partial charge on any atom is 0.229 e. The molecule has 2 rings (SSSR count). The summed E-state index contributed by atoms with van der Waals surface area (Å²) in [7, 11) is 0. The van der Waals surface area contributed by atoms with Crippen LogP contribution >= 0.6 is 0 Å². The molecular weight excluding hydrogens is 200 g/mol. The van der Waals surface area contributed by atoms with Gasteiger partial charge >= 0.3 is 0 Å². The quantitative estimate of drug-likeness (QED) is 0.814. The van der Waals surface area contributed by atoms with Gasteiger partial charge in [-0.15, -0.1) is 0 Å². The van der Waals surface area contributed by atoms with Crippen LogP contribution in [0.25, 0.3) is 0 Å². The summed E-state index contributed by atoms with van der Waals surface area (Å²) in [4.78, 5) is 14.0. The fraction of sp³-hybridized carbons (Fsp3) is 0.462. The third kappa shape index (κ3) is 2.25. The second-order valence-corrected chi connectivity index (χ2v) is 4.47. The van der Waals surface area contributed by atoms with Gasteiger partial charge in [0.25, 0.3) is 0 Å². The molecule has 1 fully saturated rings.